The molecule has 0 saturated carbocycles. The van der Waals surface area contributed by atoms with Crippen LogP contribution >= 0.6 is 15.9 Å². The number of carbonyl (C=O) groups is 1. The molecule has 2 heterocycles. The molecule has 1 aromatic carbocycles. The molecule has 1 aliphatic rings. The first-order valence-electron chi connectivity index (χ1n) is 6.99. The first kappa shape index (κ1) is 17.6. The molecule has 2 N–H and O–H groups in total. The fourth-order valence-corrected chi connectivity index (χ4v) is 2.92. The number of carbonyl (C=O) groups excluding carboxylic acids is 1. The van der Waals surface area contributed by atoms with Gasteiger partial charge in [-0.1, -0.05) is 15.9 Å². The maximum atomic E-state index is 13.3. The Labute approximate surface area is 147 Å². The van der Waals surface area contributed by atoms with Crippen LogP contribution in [0.4, 0.5) is 13.2 Å². The van der Waals surface area contributed by atoms with Gasteiger partial charge in [-0.15, -0.1) is 0 Å². The number of nitrogens with zero attached hydrogens (tertiary/aromatic N) is 2. The lowest BCUT2D eigenvalue weighted by Crippen LogP contribution is -2.57. The quantitative estimate of drug-likeness (QED) is 0.746. The van der Waals surface area contributed by atoms with Crippen LogP contribution in [0.2, 0.25) is 0 Å². The molecule has 0 saturated heterocycles. The highest BCUT2D eigenvalue weighted by Crippen LogP contribution is 2.40. The second-order valence-electron chi connectivity index (χ2n) is 5.61. The highest BCUT2D eigenvalue weighted by atomic mass is 79.9. The van der Waals surface area contributed by atoms with E-state index >= 15 is 0 Å². The molecular weight excluding hydrogens is 407 g/mol. The molecule has 132 valence electrons. The number of benzene rings is 1. The number of rotatable bonds is 1. The van der Waals surface area contributed by atoms with Crippen LogP contribution in [0.3, 0.4) is 0 Å². The zero-order valence-corrected chi connectivity index (χ0v) is 14.3. The van der Waals surface area contributed by atoms with Gasteiger partial charge in [-0.2, -0.15) is 23.3 Å². The number of hydrogen-bond donors (Lipinski definition) is 2. The van der Waals surface area contributed by atoms with Crippen molar-refractivity contribution in [3.63, 3.8) is 0 Å². The zero-order valence-electron chi connectivity index (χ0n) is 12.7. The van der Waals surface area contributed by atoms with E-state index in [1.165, 1.54) is 13.0 Å². The van der Waals surface area contributed by atoms with Crippen molar-refractivity contribution in [1.82, 2.24) is 5.01 Å². The summed E-state index contributed by atoms with van der Waals surface area (Å²) in [6.45, 7) is 1.27. The average molecular weight is 418 g/mol. The summed E-state index contributed by atoms with van der Waals surface area (Å²) in [7, 11) is 0. The number of aliphatic hydroxyl groups is 1. The Balaban J connectivity index is 2.13. The van der Waals surface area contributed by atoms with Crippen LogP contribution in [0.5, 0.6) is 0 Å². The fraction of sp³-hybridized carbons (Fsp3) is 0.267. The Morgan fingerprint density at radius 2 is 2.12 bits per heavy atom. The van der Waals surface area contributed by atoms with Crippen molar-refractivity contribution in [2.75, 3.05) is 0 Å². The van der Waals surface area contributed by atoms with Gasteiger partial charge in [0.1, 0.15) is 11.1 Å². The van der Waals surface area contributed by atoms with Crippen LogP contribution in [-0.4, -0.2) is 33.6 Å². The van der Waals surface area contributed by atoms with Crippen LogP contribution in [0, 0.1) is 5.41 Å². The van der Waals surface area contributed by atoms with E-state index in [1.807, 2.05) is 0 Å². The molecule has 2 aromatic rings. The number of hydrogen-bond acceptors (Lipinski definition) is 5. The second-order valence-corrected chi connectivity index (χ2v) is 6.53. The van der Waals surface area contributed by atoms with E-state index in [4.69, 9.17) is 9.83 Å². The van der Waals surface area contributed by atoms with Crippen molar-refractivity contribution in [1.29, 1.82) is 5.41 Å². The first-order valence-corrected chi connectivity index (χ1v) is 7.78. The molecular formula is C15H11BrF3N3O3. The molecule has 0 fully saturated rings. The summed E-state index contributed by atoms with van der Waals surface area (Å²) in [5.74, 6) is -1.27. The lowest BCUT2D eigenvalue weighted by atomic mass is 10.1. The summed E-state index contributed by atoms with van der Waals surface area (Å²) in [5.41, 5.74) is -4.28. The highest BCUT2D eigenvalue weighted by Gasteiger charge is 2.62. The van der Waals surface area contributed by atoms with Gasteiger partial charge in [0.05, 0.1) is 0 Å². The van der Waals surface area contributed by atoms with E-state index in [2.05, 4.69) is 21.0 Å². The minimum atomic E-state index is -5.11. The normalized spacial score (nSPS) is 20.9. The van der Waals surface area contributed by atoms with Gasteiger partial charge in [-0.05, 0) is 31.2 Å². The Kier molecular flexibility index (Phi) is 3.99. The zero-order chi connectivity index (χ0) is 18.6. The molecule has 0 spiro atoms. The van der Waals surface area contributed by atoms with Gasteiger partial charge in [0.2, 0.25) is 5.55 Å². The van der Waals surface area contributed by atoms with Crippen molar-refractivity contribution in [2.24, 2.45) is 5.10 Å². The van der Waals surface area contributed by atoms with E-state index in [-0.39, 0.29) is 16.3 Å². The summed E-state index contributed by atoms with van der Waals surface area (Å²) in [6, 6.07) is 6.02. The average Bonchev–Trinajstić information content (AvgIpc) is 2.82. The number of hydrazone groups is 1. The SMILES string of the molecule is CC1=NN(C(=O)c2cc3cc(Br)ccc3oc2=N)C(O)(C(F)(F)F)C1. The monoisotopic (exact) mass is 417 g/mol. The Morgan fingerprint density at radius 3 is 2.76 bits per heavy atom. The van der Waals surface area contributed by atoms with Gasteiger partial charge in [0.15, 0.2) is 0 Å². The van der Waals surface area contributed by atoms with Gasteiger partial charge in [0.25, 0.3) is 11.6 Å². The third kappa shape index (κ3) is 2.85. The highest BCUT2D eigenvalue weighted by molar-refractivity contribution is 9.10. The summed E-state index contributed by atoms with van der Waals surface area (Å²) in [4.78, 5) is 12.6. The van der Waals surface area contributed by atoms with Crippen molar-refractivity contribution in [3.05, 3.63) is 39.9 Å². The minimum absolute atomic E-state index is 0.0327. The summed E-state index contributed by atoms with van der Waals surface area (Å²) in [5, 5.41) is 21.7. The topological polar surface area (TPSA) is 89.9 Å². The minimum Gasteiger partial charge on any atom is -0.438 e. The van der Waals surface area contributed by atoms with Crippen molar-refractivity contribution >= 4 is 38.5 Å². The molecule has 1 aliphatic heterocycles. The Hall–Kier alpha value is -2.20. The largest absolute Gasteiger partial charge is 0.438 e. The lowest BCUT2D eigenvalue weighted by Gasteiger charge is -2.32. The predicted octanol–water partition coefficient (Wildman–Crippen LogP) is 3.15. The third-order valence-corrected chi connectivity index (χ3v) is 4.22. The smallest absolute Gasteiger partial charge is 0.438 e. The maximum absolute atomic E-state index is 13.3. The van der Waals surface area contributed by atoms with Crippen LogP contribution in [-0.2, 0) is 0 Å². The number of alkyl halides is 3. The van der Waals surface area contributed by atoms with Gasteiger partial charge in [0, 0.05) is 22.0 Å². The van der Waals surface area contributed by atoms with Crippen LogP contribution < -0.4 is 5.55 Å². The standard InChI is InChI=1S/C15H11BrF3N3O3/c1-7-6-14(24,15(17,18)19)22(21-7)13(23)10-5-8-4-9(16)2-3-11(8)25-12(10)20/h2-5,20,24H,6H2,1H3. The molecule has 6 nitrogen and oxygen atoms in total. The second kappa shape index (κ2) is 5.67. The molecule has 25 heavy (non-hydrogen) atoms. The van der Waals surface area contributed by atoms with Gasteiger partial charge in [-0.25, -0.2) is 0 Å². The Morgan fingerprint density at radius 1 is 1.44 bits per heavy atom. The van der Waals surface area contributed by atoms with E-state index in [9.17, 15) is 23.1 Å². The molecule has 0 bridgehead atoms. The molecule has 0 aliphatic carbocycles. The number of fused-ring (bicyclic) bond motifs is 1. The van der Waals surface area contributed by atoms with Crippen molar-refractivity contribution in [2.45, 2.75) is 25.2 Å². The van der Waals surface area contributed by atoms with Gasteiger partial charge in [-0.3, -0.25) is 10.2 Å². The molecule has 1 aromatic heterocycles. The van der Waals surface area contributed by atoms with Crippen molar-refractivity contribution in [3.8, 4) is 0 Å². The summed E-state index contributed by atoms with van der Waals surface area (Å²) in [6.07, 6.45) is -5.96. The number of halogens is 4. The van der Waals surface area contributed by atoms with E-state index in [0.29, 0.717) is 9.86 Å². The summed E-state index contributed by atoms with van der Waals surface area (Å²) < 4.78 is 45.6. The number of amides is 1. The number of nitrogens with one attached hydrogen (secondary N) is 1. The van der Waals surface area contributed by atoms with Gasteiger partial charge >= 0.3 is 6.18 Å². The first-order chi connectivity index (χ1) is 11.5. The van der Waals surface area contributed by atoms with Crippen LogP contribution in [0.25, 0.3) is 11.0 Å². The fourth-order valence-electron chi connectivity index (χ4n) is 2.54. The van der Waals surface area contributed by atoms with Crippen LogP contribution in [0.1, 0.15) is 23.7 Å². The summed E-state index contributed by atoms with van der Waals surface area (Å²) >= 11 is 3.24. The predicted molar refractivity (Wildman–Crippen MR) is 84.7 cm³/mol. The van der Waals surface area contributed by atoms with Gasteiger partial charge < -0.3 is 9.52 Å². The molecule has 1 atom stereocenters. The van der Waals surface area contributed by atoms with E-state index in [0.717, 1.165) is 0 Å². The lowest BCUT2D eigenvalue weighted by molar-refractivity contribution is -0.297. The van der Waals surface area contributed by atoms with Crippen LogP contribution in [0.15, 0.2) is 38.3 Å². The van der Waals surface area contributed by atoms with E-state index in [1.54, 1.807) is 18.2 Å². The molecule has 1 amide bonds. The van der Waals surface area contributed by atoms with Crippen molar-refractivity contribution < 1.29 is 27.5 Å². The molecule has 1 unspecified atom stereocenters. The molecule has 10 heteroatoms. The Bertz CT molecular complexity index is 970. The molecule has 0 radical (unpaired) electrons. The maximum Gasteiger partial charge on any atom is 0.438 e. The van der Waals surface area contributed by atoms with E-state index < -0.39 is 35.3 Å². The molecule has 3 rings (SSSR count). The third-order valence-electron chi connectivity index (χ3n) is 3.73.